The molecule has 2 nitrogen and oxygen atoms in total. The summed E-state index contributed by atoms with van der Waals surface area (Å²) in [6.45, 7) is 3.48. The Labute approximate surface area is 121 Å². The number of hydrogen-bond acceptors (Lipinski definition) is 2. The third-order valence-corrected chi connectivity index (χ3v) is 4.66. The van der Waals surface area contributed by atoms with Gasteiger partial charge in [-0.05, 0) is 62.8 Å². The Hall–Kier alpha value is -0.730. The predicted molar refractivity (Wildman–Crippen MR) is 82.2 cm³/mol. The van der Waals surface area contributed by atoms with Crippen molar-refractivity contribution >= 4 is 17.3 Å². The first-order valence-corrected chi connectivity index (χ1v) is 7.97. The smallest absolute Gasteiger partial charge is 0.0642 e. The van der Waals surface area contributed by atoms with Crippen LogP contribution in [0.2, 0.25) is 5.02 Å². The van der Waals surface area contributed by atoms with Crippen LogP contribution in [0.25, 0.3) is 0 Å². The Morgan fingerprint density at radius 3 is 2.68 bits per heavy atom. The molecule has 3 rings (SSSR count). The lowest BCUT2D eigenvalue weighted by atomic mass is 10.0. The van der Waals surface area contributed by atoms with Gasteiger partial charge in [-0.3, -0.25) is 0 Å². The average molecular weight is 279 g/mol. The fourth-order valence-electron chi connectivity index (χ4n) is 3.28. The first kappa shape index (κ1) is 13.3. The molecule has 1 aromatic carbocycles. The molecule has 0 aliphatic carbocycles. The summed E-state index contributed by atoms with van der Waals surface area (Å²) in [4.78, 5) is 2.43. The van der Waals surface area contributed by atoms with E-state index in [0.29, 0.717) is 6.04 Å². The van der Waals surface area contributed by atoms with E-state index in [2.05, 4.69) is 28.4 Å². The van der Waals surface area contributed by atoms with Crippen molar-refractivity contribution < 1.29 is 0 Å². The Kier molecular flexibility index (Phi) is 4.29. The van der Waals surface area contributed by atoms with Crippen LogP contribution in [0.5, 0.6) is 0 Å². The first-order valence-electron chi connectivity index (χ1n) is 7.60. The molecule has 0 spiro atoms. The normalized spacial score (nSPS) is 23.8. The molecule has 2 aliphatic heterocycles. The lowest BCUT2D eigenvalue weighted by Crippen LogP contribution is -2.29. The van der Waals surface area contributed by atoms with Gasteiger partial charge in [0.05, 0.1) is 10.7 Å². The Balaban J connectivity index is 1.69. The van der Waals surface area contributed by atoms with Crippen LogP contribution in [0.1, 0.15) is 37.7 Å². The van der Waals surface area contributed by atoms with E-state index in [4.69, 9.17) is 11.6 Å². The van der Waals surface area contributed by atoms with Gasteiger partial charge >= 0.3 is 0 Å². The van der Waals surface area contributed by atoms with E-state index in [-0.39, 0.29) is 0 Å². The zero-order chi connectivity index (χ0) is 13.1. The lowest BCUT2D eigenvalue weighted by Gasteiger charge is -2.29. The highest BCUT2D eigenvalue weighted by molar-refractivity contribution is 6.33. The van der Waals surface area contributed by atoms with Gasteiger partial charge in [0.25, 0.3) is 0 Å². The van der Waals surface area contributed by atoms with Crippen LogP contribution in [0.3, 0.4) is 0 Å². The second kappa shape index (κ2) is 6.15. The van der Waals surface area contributed by atoms with Crippen molar-refractivity contribution in [3.05, 3.63) is 28.8 Å². The van der Waals surface area contributed by atoms with Crippen LogP contribution in [0.4, 0.5) is 5.69 Å². The average Bonchev–Trinajstić information content (AvgIpc) is 2.93. The standard InChI is InChI=1S/C16H23ClN2/c17-15-12-13(11-14-5-4-8-18-14)6-7-16(15)19-9-2-1-3-10-19/h6-7,12,14,18H,1-5,8-11H2. The first-order chi connectivity index (χ1) is 9.33. The zero-order valence-electron chi connectivity index (χ0n) is 11.5. The highest BCUT2D eigenvalue weighted by Crippen LogP contribution is 2.29. The number of piperidine rings is 1. The van der Waals surface area contributed by atoms with Crippen LogP contribution >= 0.6 is 11.6 Å². The van der Waals surface area contributed by atoms with Crippen LogP contribution in [0.15, 0.2) is 18.2 Å². The van der Waals surface area contributed by atoms with Gasteiger partial charge in [0.1, 0.15) is 0 Å². The molecule has 104 valence electrons. The van der Waals surface area contributed by atoms with E-state index in [0.717, 1.165) is 24.5 Å². The van der Waals surface area contributed by atoms with E-state index in [1.165, 1.54) is 49.9 Å². The van der Waals surface area contributed by atoms with Crippen LogP contribution in [-0.4, -0.2) is 25.7 Å². The van der Waals surface area contributed by atoms with Gasteiger partial charge in [0.15, 0.2) is 0 Å². The molecule has 1 aromatic rings. The number of rotatable bonds is 3. The summed E-state index contributed by atoms with van der Waals surface area (Å²) < 4.78 is 0. The van der Waals surface area contributed by atoms with Gasteiger partial charge < -0.3 is 10.2 Å². The molecule has 2 heterocycles. The molecule has 1 N–H and O–H groups in total. The summed E-state index contributed by atoms with van der Waals surface area (Å²) in [6.07, 6.45) is 7.67. The van der Waals surface area contributed by atoms with Gasteiger partial charge in [-0.1, -0.05) is 17.7 Å². The van der Waals surface area contributed by atoms with Crippen molar-refractivity contribution in [2.45, 2.75) is 44.6 Å². The number of hydrogen-bond donors (Lipinski definition) is 1. The van der Waals surface area contributed by atoms with E-state index < -0.39 is 0 Å². The third-order valence-electron chi connectivity index (χ3n) is 4.35. The van der Waals surface area contributed by atoms with Gasteiger partial charge in [-0.25, -0.2) is 0 Å². The Bertz CT molecular complexity index is 421. The summed E-state index contributed by atoms with van der Waals surface area (Å²) in [5, 5.41) is 4.48. The predicted octanol–water partition coefficient (Wildman–Crippen LogP) is 3.62. The molecule has 0 bridgehead atoms. The minimum Gasteiger partial charge on any atom is -0.370 e. The zero-order valence-corrected chi connectivity index (χ0v) is 12.3. The lowest BCUT2D eigenvalue weighted by molar-refractivity contribution is 0.577. The number of halogens is 1. The van der Waals surface area contributed by atoms with Gasteiger partial charge in [-0.2, -0.15) is 0 Å². The Morgan fingerprint density at radius 1 is 1.16 bits per heavy atom. The van der Waals surface area contributed by atoms with Gasteiger partial charge in [0.2, 0.25) is 0 Å². The van der Waals surface area contributed by atoms with Crippen molar-refractivity contribution in [1.82, 2.24) is 5.32 Å². The van der Waals surface area contributed by atoms with Crippen LogP contribution < -0.4 is 10.2 Å². The maximum atomic E-state index is 6.49. The van der Waals surface area contributed by atoms with Crippen molar-refractivity contribution in [3.8, 4) is 0 Å². The maximum absolute atomic E-state index is 6.49. The molecular formula is C16H23ClN2. The molecule has 2 saturated heterocycles. The largest absolute Gasteiger partial charge is 0.370 e. The molecule has 0 aromatic heterocycles. The van der Waals surface area contributed by atoms with E-state index >= 15 is 0 Å². The maximum Gasteiger partial charge on any atom is 0.0642 e. The molecule has 0 radical (unpaired) electrons. The van der Waals surface area contributed by atoms with Crippen molar-refractivity contribution in [2.75, 3.05) is 24.5 Å². The summed E-state index contributed by atoms with van der Waals surface area (Å²) >= 11 is 6.49. The molecule has 3 heteroatoms. The molecule has 0 saturated carbocycles. The van der Waals surface area contributed by atoms with Crippen LogP contribution in [0, 0.1) is 0 Å². The van der Waals surface area contributed by atoms with E-state index in [1.54, 1.807) is 0 Å². The summed E-state index contributed by atoms with van der Waals surface area (Å²) in [7, 11) is 0. The van der Waals surface area contributed by atoms with Gasteiger partial charge in [0, 0.05) is 19.1 Å². The summed E-state index contributed by atoms with van der Waals surface area (Å²) in [6, 6.07) is 7.30. The van der Waals surface area contributed by atoms with Crippen molar-refractivity contribution in [3.63, 3.8) is 0 Å². The number of nitrogens with zero attached hydrogens (tertiary/aromatic N) is 1. The second-order valence-electron chi connectivity index (χ2n) is 5.83. The van der Waals surface area contributed by atoms with E-state index in [1.807, 2.05) is 0 Å². The monoisotopic (exact) mass is 278 g/mol. The molecule has 0 amide bonds. The minimum absolute atomic E-state index is 0.650. The Morgan fingerprint density at radius 2 is 2.00 bits per heavy atom. The van der Waals surface area contributed by atoms with Crippen LogP contribution in [-0.2, 0) is 6.42 Å². The number of nitrogens with one attached hydrogen (secondary N) is 1. The highest BCUT2D eigenvalue weighted by Gasteiger charge is 2.17. The summed E-state index contributed by atoms with van der Waals surface area (Å²) in [5.74, 6) is 0. The molecule has 2 aliphatic rings. The summed E-state index contributed by atoms with van der Waals surface area (Å²) in [5.41, 5.74) is 2.59. The fraction of sp³-hybridized carbons (Fsp3) is 0.625. The molecule has 2 fully saturated rings. The molecular weight excluding hydrogens is 256 g/mol. The second-order valence-corrected chi connectivity index (χ2v) is 6.24. The van der Waals surface area contributed by atoms with Gasteiger partial charge in [-0.15, -0.1) is 0 Å². The molecule has 1 unspecified atom stereocenters. The molecule has 19 heavy (non-hydrogen) atoms. The number of anilines is 1. The quantitative estimate of drug-likeness (QED) is 0.908. The van der Waals surface area contributed by atoms with Crippen molar-refractivity contribution in [2.24, 2.45) is 0 Å². The minimum atomic E-state index is 0.650. The SMILES string of the molecule is Clc1cc(CC2CCCN2)ccc1N1CCCCC1. The van der Waals surface area contributed by atoms with Crippen molar-refractivity contribution in [1.29, 1.82) is 0 Å². The topological polar surface area (TPSA) is 15.3 Å². The fourth-order valence-corrected chi connectivity index (χ4v) is 3.61. The number of benzene rings is 1. The third kappa shape index (κ3) is 3.24. The highest BCUT2D eigenvalue weighted by atomic mass is 35.5. The molecule has 1 atom stereocenters. The van der Waals surface area contributed by atoms with E-state index in [9.17, 15) is 0 Å².